The van der Waals surface area contributed by atoms with E-state index in [9.17, 15) is 4.79 Å². The zero-order valence-electron chi connectivity index (χ0n) is 19.3. The van der Waals surface area contributed by atoms with Crippen molar-refractivity contribution in [1.82, 2.24) is 10.2 Å². The second kappa shape index (κ2) is 12.1. The maximum absolute atomic E-state index is 11.5. The summed E-state index contributed by atoms with van der Waals surface area (Å²) in [5, 5.41) is 6.22. The van der Waals surface area contributed by atoms with Crippen molar-refractivity contribution in [3.8, 4) is 5.75 Å². The van der Waals surface area contributed by atoms with Crippen molar-refractivity contribution in [2.45, 2.75) is 33.4 Å². The number of ether oxygens (including phenoxy) is 2. The summed E-state index contributed by atoms with van der Waals surface area (Å²) < 4.78 is 11.3. The van der Waals surface area contributed by atoms with Gasteiger partial charge < -0.3 is 25.0 Å². The number of carbonyl (C=O) groups excluding carboxylic acids is 1. The number of carbonyl (C=O) groups is 1. The Kier molecular flexibility index (Phi) is 8.92. The van der Waals surface area contributed by atoms with Gasteiger partial charge in [-0.1, -0.05) is 36.4 Å². The number of anilines is 1. The van der Waals surface area contributed by atoms with Crippen LogP contribution in [0.2, 0.25) is 0 Å². The van der Waals surface area contributed by atoms with Crippen LogP contribution in [0.3, 0.4) is 0 Å². The number of methoxy groups -OCH3 is 1. The topological polar surface area (TPSA) is 75.2 Å². The lowest BCUT2D eigenvalue weighted by Crippen LogP contribution is -2.40. The van der Waals surface area contributed by atoms with Crippen LogP contribution < -0.4 is 15.4 Å². The minimum absolute atomic E-state index is 0.130. The van der Waals surface area contributed by atoms with Gasteiger partial charge in [0, 0.05) is 32.5 Å². The van der Waals surface area contributed by atoms with Gasteiger partial charge in [-0.3, -0.25) is 4.79 Å². The lowest BCUT2D eigenvalue weighted by Gasteiger charge is -2.22. The lowest BCUT2D eigenvalue weighted by molar-refractivity contribution is -0.114. The molecule has 1 amide bonds. The molecule has 0 saturated carbocycles. The Morgan fingerprint density at radius 1 is 1.19 bits per heavy atom. The Hall–Kier alpha value is -3.06. The molecule has 172 valence electrons. The van der Waals surface area contributed by atoms with E-state index in [1.54, 1.807) is 7.11 Å². The third-order valence-corrected chi connectivity index (χ3v) is 5.37. The van der Waals surface area contributed by atoms with E-state index < -0.39 is 0 Å². The fourth-order valence-electron chi connectivity index (χ4n) is 3.81. The first-order chi connectivity index (χ1) is 15.6. The van der Waals surface area contributed by atoms with Crippen LogP contribution >= 0.6 is 0 Å². The summed E-state index contributed by atoms with van der Waals surface area (Å²) in [6, 6.07) is 16.0. The standard InChI is InChI=1S/C25H34N4O3/c1-4-26-25(27-15-21-10-11-24(31-3)23(14-21)28-19(2)30)29-13-12-22(16-29)18-32-17-20-8-6-5-7-9-20/h5-11,14,22H,4,12-13,15-18H2,1-3H3,(H,26,27)(H,28,30). The molecule has 1 saturated heterocycles. The summed E-state index contributed by atoms with van der Waals surface area (Å²) in [7, 11) is 1.59. The highest BCUT2D eigenvalue weighted by atomic mass is 16.5. The Morgan fingerprint density at radius 2 is 2.00 bits per heavy atom. The van der Waals surface area contributed by atoms with Gasteiger partial charge in [0.2, 0.25) is 5.91 Å². The molecule has 2 aromatic rings. The largest absolute Gasteiger partial charge is 0.495 e. The lowest BCUT2D eigenvalue weighted by atomic mass is 10.1. The van der Waals surface area contributed by atoms with Crippen molar-refractivity contribution >= 4 is 17.6 Å². The van der Waals surface area contributed by atoms with Gasteiger partial charge in [-0.2, -0.15) is 0 Å². The summed E-state index contributed by atoms with van der Waals surface area (Å²) >= 11 is 0. The highest BCUT2D eigenvalue weighted by Gasteiger charge is 2.25. The van der Waals surface area contributed by atoms with Gasteiger partial charge in [0.15, 0.2) is 5.96 Å². The van der Waals surface area contributed by atoms with Crippen molar-refractivity contribution in [3.63, 3.8) is 0 Å². The molecule has 32 heavy (non-hydrogen) atoms. The molecule has 1 unspecified atom stereocenters. The molecule has 7 heteroatoms. The zero-order chi connectivity index (χ0) is 22.8. The van der Waals surface area contributed by atoms with E-state index >= 15 is 0 Å². The molecule has 1 heterocycles. The number of guanidine groups is 1. The van der Waals surface area contributed by atoms with E-state index in [2.05, 4.69) is 34.6 Å². The molecule has 7 nitrogen and oxygen atoms in total. The highest BCUT2D eigenvalue weighted by molar-refractivity contribution is 5.90. The van der Waals surface area contributed by atoms with E-state index in [-0.39, 0.29) is 5.91 Å². The number of nitrogens with one attached hydrogen (secondary N) is 2. The van der Waals surface area contributed by atoms with E-state index in [1.807, 2.05) is 36.4 Å². The highest BCUT2D eigenvalue weighted by Crippen LogP contribution is 2.26. The van der Waals surface area contributed by atoms with Crippen molar-refractivity contribution in [3.05, 3.63) is 59.7 Å². The van der Waals surface area contributed by atoms with Crippen LogP contribution in [-0.4, -0.2) is 50.1 Å². The number of aliphatic imine (C=N–C) groups is 1. The first-order valence-electron chi connectivity index (χ1n) is 11.2. The Morgan fingerprint density at radius 3 is 2.72 bits per heavy atom. The SMILES string of the molecule is CCNC(=NCc1ccc(OC)c(NC(C)=O)c1)N1CCC(COCc2ccccc2)C1. The van der Waals surface area contributed by atoms with E-state index in [0.717, 1.165) is 44.2 Å². The van der Waals surface area contributed by atoms with Crippen LogP contribution in [0.15, 0.2) is 53.5 Å². The minimum Gasteiger partial charge on any atom is -0.495 e. The molecule has 1 atom stereocenters. The van der Waals surface area contributed by atoms with Gasteiger partial charge >= 0.3 is 0 Å². The zero-order valence-corrected chi connectivity index (χ0v) is 19.3. The van der Waals surface area contributed by atoms with Crippen LogP contribution in [0.5, 0.6) is 5.75 Å². The van der Waals surface area contributed by atoms with Crippen LogP contribution in [0.1, 0.15) is 31.4 Å². The average molecular weight is 439 g/mol. The molecule has 0 aliphatic carbocycles. The minimum atomic E-state index is -0.130. The summed E-state index contributed by atoms with van der Waals surface area (Å²) in [4.78, 5) is 18.6. The number of benzene rings is 2. The van der Waals surface area contributed by atoms with Crippen molar-refractivity contribution in [1.29, 1.82) is 0 Å². The van der Waals surface area contributed by atoms with Gasteiger partial charge in [0.1, 0.15) is 5.75 Å². The van der Waals surface area contributed by atoms with Crippen LogP contribution in [0.25, 0.3) is 0 Å². The molecular weight excluding hydrogens is 404 g/mol. The maximum Gasteiger partial charge on any atom is 0.221 e. The number of amides is 1. The molecule has 2 aromatic carbocycles. The Bertz CT molecular complexity index is 901. The molecule has 1 aliphatic heterocycles. The fourth-order valence-corrected chi connectivity index (χ4v) is 3.81. The first kappa shape index (κ1) is 23.6. The van der Waals surface area contributed by atoms with Gasteiger partial charge in [-0.05, 0) is 36.6 Å². The monoisotopic (exact) mass is 438 g/mol. The number of nitrogens with zero attached hydrogens (tertiary/aromatic N) is 2. The van der Waals surface area contributed by atoms with Gasteiger partial charge in [0.05, 0.1) is 32.6 Å². The quantitative estimate of drug-likeness (QED) is 0.462. The molecule has 1 fully saturated rings. The van der Waals surface area contributed by atoms with Crippen molar-refractivity contribution in [2.75, 3.05) is 38.7 Å². The average Bonchev–Trinajstić information content (AvgIpc) is 3.26. The number of likely N-dealkylation sites (tertiary alicyclic amines) is 1. The third-order valence-electron chi connectivity index (χ3n) is 5.37. The molecule has 2 N–H and O–H groups in total. The third kappa shape index (κ3) is 6.99. The summed E-state index contributed by atoms with van der Waals surface area (Å²) in [6.45, 7) is 8.19. The molecule has 3 rings (SSSR count). The van der Waals surface area contributed by atoms with Gasteiger partial charge in [-0.25, -0.2) is 4.99 Å². The second-order valence-electron chi connectivity index (χ2n) is 7.99. The molecule has 0 aromatic heterocycles. The predicted molar refractivity (Wildman–Crippen MR) is 128 cm³/mol. The molecule has 0 spiro atoms. The van der Waals surface area contributed by atoms with E-state index in [4.69, 9.17) is 14.5 Å². The summed E-state index contributed by atoms with van der Waals surface area (Å²) in [5.41, 5.74) is 2.87. The molecular formula is C25H34N4O3. The first-order valence-corrected chi connectivity index (χ1v) is 11.2. The van der Waals surface area contributed by atoms with Crippen LogP contribution in [0, 0.1) is 5.92 Å². The molecule has 0 bridgehead atoms. The maximum atomic E-state index is 11.5. The molecule has 1 aliphatic rings. The summed E-state index contributed by atoms with van der Waals surface area (Å²) in [6.07, 6.45) is 1.09. The Balaban J connectivity index is 1.57. The van der Waals surface area contributed by atoms with Gasteiger partial charge in [0.25, 0.3) is 0 Å². The number of rotatable bonds is 9. The summed E-state index contributed by atoms with van der Waals surface area (Å²) in [5.74, 6) is 1.91. The van der Waals surface area contributed by atoms with E-state index in [0.29, 0.717) is 30.5 Å². The normalized spacial score (nSPS) is 16.2. The predicted octanol–water partition coefficient (Wildman–Crippen LogP) is 3.66. The second-order valence-corrected chi connectivity index (χ2v) is 7.99. The number of hydrogen-bond donors (Lipinski definition) is 2. The van der Waals surface area contributed by atoms with E-state index in [1.165, 1.54) is 12.5 Å². The van der Waals surface area contributed by atoms with Crippen molar-refractivity contribution < 1.29 is 14.3 Å². The van der Waals surface area contributed by atoms with Gasteiger partial charge in [-0.15, -0.1) is 0 Å². The van der Waals surface area contributed by atoms with Crippen molar-refractivity contribution in [2.24, 2.45) is 10.9 Å². The Labute approximate surface area is 190 Å². The number of hydrogen-bond acceptors (Lipinski definition) is 4. The van der Waals surface area contributed by atoms with Crippen LogP contribution in [0.4, 0.5) is 5.69 Å². The molecule has 0 radical (unpaired) electrons. The smallest absolute Gasteiger partial charge is 0.221 e. The van der Waals surface area contributed by atoms with Crippen LogP contribution in [-0.2, 0) is 22.7 Å². The fraction of sp³-hybridized carbons (Fsp3) is 0.440.